The largest absolute Gasteiger partial charge is 0.573 e. The first-order valence-electron chi connectivity index (χ1n) is 8.63. The summed E-state index contributed by atoms with van der Waals surface area (Å²) in [5.74, 6) is 0.103. The van der Waals surface area contributed by atoms with Crippen molar-refractivity contribution in [3.8, 4) is 5.75 Å². The van der Waals surface area contributed by atoms with Gasteiger partial charge in [-0.05, 0) is 30.3 Å². The number of aromatic amines is 2. The van der Waals surface area contributed by atoms with Crippen LogP contribution in [-0.4, -0.2) is 30.9 Å². The van der Waals surface area contributed by atoms with Crippen molar-refractivity contribution in [2.45, 2.75) is 19.5 Å². The normalized spacial score (nSPS) is 11.7. The Kier molecular flexibility index (Phi) is 5.24. The summed E-state index contributed by atoms with van der Waals surface area (Å²) in [6.07, 6.45) is -1.64. The molecule has 3 N–H and O–H groups in total. The molecule has 0 amide bonds. The summed E-state index contributed by atoms with van der Waals surface area (Å²) in [4.78, 5) is 26.4. The molecule has 0 bridgehead atoms. The predicted octanol–water partition coefficient (Wildman–Crippen LogP) is 3.77. The van der Waals surface area contributed by atoms with E-state index in [1.54, 1.807) is 24.7 Å². The number of H-pyrrole nitrogens is 2. The van der Waals surface area contributed by atoms with Crippen LogP contribution in [-0.2, 0) is 13.1 Å². The Balaban J connectivity index is 1.67. The van der Waals surface area contributed by atoms with E-state index in [0.29, 0.717) is 28.0 Å². The van der Waals surface area contributed by atoms with Crippen molar-refractivity contribution in [3.05, 3.63) is 69.1 Å². The van der Waals surface area contributed by atoms with Crippen LogP contribution in [0.15, 0.2) is 52.1 Å². The van der Waals surface area contributed by atoms with Crippen LogP contribution in [0.25, 0.3) is 11.2 Å². The molecule has 0 aliphatic heterocycles. The molecule has 1 aromatic carbocycles. The molecule has 8 nitrogen and oxygen atoms in total. The van der Waals surface area contributed by atoms with Gasteiger partial charge >= 0.3 is 12.1 Å². The summed E-state index contributed by atoms with van der Waals surface area (Å²) in [6, 6.07) is 7.45. The lowest BCUT2D eigenvalue weighted by Crippen LogP contribution is -2.21. The van der Waals surface area contributed by atoms with Crippen LogP contribution in [0.2, 0.25) is 0 Å². The molecule has 0 saturated carbocycles. The van der Waals surface area contributed by atoms with Gasteiger partial charge in [0.1, 0.15) is 11.6 Å². The maximum Gasteiger partial charge on any atom is 0.573 e. The molecule has 30 heavy (non-hydrogen) atoms. The minimum Gasteiger partial charge on any atom is -0.405 e. The second-order valence-corrected chi connectivity index (χ2v) is 7.23. The Morgan fingerprint density at radius 1 is 1.23 bits per heavy atom. The molecule has 0 radical (unpaired) electrons. The van der Waals surface area contributed by atoms with E-state index in [1.807, 2.05) is 0 Å². The first kappa shape index (κ1) is 20.0. The number of nitrogens with one attached hydrogen (secondary N) is 3. The molecule has 3 heterocycles. The number of anilines is 1. The van der Waals surface area contributed by atoms with E-state index in [2.05, 4.69) is 45.9 Å². The number of pyridine rings is 1. The number of benzene rings is 1. The molecular weight excluding hydrogens is 469 g/mol. The van der Waals surface area contributed by atoms with Crippen LogP contribution in [0.4, 0.5) is 19.0 Å². The first-order valence-corrected chi connectivity index (χ1v) is 9.43. The zero-order valence-electron chi connectivity index (χ0n) is 15.1. The van der Waals surface area contributed by atoms with Gasteiger partial charge in [0.15, 0.2) is 5.65 Å². The molecule has 0 atom stereocenters. The van der Waals surface area contributed by atoms with E-state index < -0.39 is 12.1 Å². The third-order valence-electron chi connectivity index (χ3n) is 4.21. The molecule has 0 aliphatic carbocycles. The van der Waals surface area contributed by atoms with Gasteiger partial charge in [-0.1, -0.05) is 15.9 Å². The Bertz CT molecular complexity index is 1230. The summed E-state index contributed by atoms with van der Waals surface area (Å²) in [5.41, 5.74) is 1.27. The number of fused-ring (bicyclic) bond motifs is 1. The third-order valence-corrected chi connectivity index (χ3v) is 4.70. The van der Waals surface area contributed by atoms with Gasteiger partial charge in [0.25, 0.3) is 0 Å². The molecule has 12 heteroatoms. The van der Waals surface area contributed by atoms with E-state index in [0.717, 1.165) is 5.69 Å². The highest BCUT2D eigenvalue weighted by atomic mass is 79.9. The summed E-state index contributed by atoms with van der Waals surface area (Å²) >= 11 is 3.23. The van der Waals surface area contributed by atoms with Crippen LogP contribution in [0.1, 0.15) is 11.3 Å². The fourth-order valence-electron chi connectivity index (χ4n) is 2.91. The lowest BCUT2D eigenvalue weighted by Gasteiger charge is -2.14. The number of nitrogens with zero attached hydrogens (tertiary/aromatic N) is 3. The number of halogens is 4. The molecule has 0 saturated heterocycles. The second kappa shape index (κ2) is 7.86. The highest BCUT2D eigenvalue weighted by Crippen LogP contribution is 2.29. The molecule has 0 aliphatic rings. The highest BCUT2D eigenvalue weighted by molar-refractivity contribution is 9.10. The van der Waals surface area contributed by atoms with Crippen LogP contribution in [0.5, 0.6) is 5.75 Å². The van der Waals surface area contributed by atoms with Gasteiger partial charge in [0.05, 0.1) is 30.6 Å². The average molecular weight is 483 g/mol. The molecule has 0 fully saturated rings. The molecule has 0 unspecified atom stereocenters. The molecule has 156 valence electrons. The minimum atomic E-state index is -4.85. The van der Waals surface area contributed by atoms with E-state index in [-0.39, 0.29) is 17.9 Å². The lowest BCUT2D eigenvalue weighted by atomic mass is 10.2. The van der Waals surface area contributed by atoms with Crippen molar-refractivity contribution < 1.29 is 17.9 Å². The molecule has 3 aromatic heterocycles. The molecule has 4 rings (SSSR count). The second-order valence-electron chi connectivity index (χ2n) is 6.31. The number of imidazole rings is 2. The van der Waals surface area contributed by atoms with Crippen LogP contribution in [0.3, 0.4) is 0 Å². The molecule has 4 aromatic rings. The number of ether oxygens (including phenoxy) is 1. The van der Waals surface area contributed by atoms with Crippen molar-refractivity contribution in [3.63, 3.8) is 0 Å². The van der Waals surface area contributed by atoms with Crippen LogP contribution < -0.4 is 15.7 Å². The SMILES string of the molecule is O=c1[nH]c2ccc(NCc3cnc[nH]3)nc2n1Cc1cc(Br)ccc1OC(F)(F)F. The maximum atomic E-state index is 12.8. The number of hydrogen-bond donors (Lipinski definition) is 3. The van der Waals surface area contributed by atoms with Crippen molar-refractivity contribution in [1.29, 1.82) is 0 Å². The Morgan fingerprint density at radius 2 is 2.07 bits per heavy atom. The Hall–Kier alpha value is -3.28. The highest BCUT2D eigenvalue weighted by Gasteiger charge is 2.32. The zero-order chi connectivity index (χ0) is 21.3. The van der Waals surface area contributed by atoms with Gasteiger partial charge in [0.2, 0.25) is 0 Å². The summed E-state index contributed by atoms with van der Waals surface area (Å²) in [7, 11) is 0. The number of alkyl halides is 3. The first-order chi connectivity index (χ1) is 14.3. The van der Waals surface area contributed by atoms with Gasteiger partial charge in [-0.3, -0.25) is 4.57 Å². The van der Waals surface area contributed by atoms with Crippen LogP contribution in [0, 0.1) is 0 Å². The van der Waals surface area contributed by atoms with Gasteiger partial charge in [0, 0.05) is 16.2 Å². The van der Waals surface area contributed by atoms with Crippen molar-refractivity contribution in [2.75, 3.05) is 5.32 Å². The maximum absolute atomic E-state index is 12.8. The van der Waals surface area contributed by atoms with E-state index >= 15 is 0 Å². The van der Waals surface area contributed by atoms with E-state index in [4.69, 9.17) is 0 Å². The number of hydrogen-bond acceptors (Lipinski definition) is 5. The third kappa shape index (κ3) is 4.48. The standard InChI is InChI=1S/C18H14BrF3N6O2/c19-11-1-3-14(30-18(20,21)22)10(5-11)8-28-16-13(26-17(28)29)2-4-15(27-16)24-7-12-6-23-9-25-12/h1-6,9H,7-8H2,(H,23,25)(H,24,27)(H,26,29). The summed E-state index contributed by atoms with van der Waals surface area (Å²) < 4.78 is 44.2. The molecule has 0 spiro atoms. The van der Waals surface area contributed by atoms with Gasteiger partial charge in [-0.15, -0.1) is 13.2 Å². The number of aromatic nitrogens is 5. The molecular formula is C18H14BrF3N6O2. The zero-order valence-corrected chi connectivity index (χ0v) is 16.7. The van der Waals surface area contributed by atoms with Gasteiger partial charge in [-0.2, -0.15) is 0 Å². The predicted molar refractivity (Wildman–Crippen MR) is 106 cm³/mol. The van der Waals surface area contributed by atoms with E-state index in [9.17, 15) is 18.0 Å². The Labute approximate surface area is 175 Å². The smallest absolute Gasteiger partial charge is 0.405 e. The van der Waals surface area contributed by atoms with Crippen LogP contribution >= 0.6 is 15.9 Å². The fraction of sp³-hybridized carbons (Fsp3) is 0.167. The van der Waals surface area contributed by atoms with Crippen molar-refractivity contribution in [1.82, 2.24) is 24.5 Å². The number of rotatable bonds is 6. The Morgan fingerprint density at radius 3 is 2.80 bits per heavy atom. The topological polar surface area (TPSA) is 101 Å². The van der Waals surface area contributed by atoms with Crippen molar-refractivity contribution >= 4 is 32.9 Å². The summed E-state index contributed by atoms with van der Waals surface area (Å²) in [6.45, 7) is 0.267. The average Bonchev–Trinajstić information content (AvgIpc) is 3.29. The van der Waals surface area contributed by atoms with E-state index in [1.165, 1.54) is 22.8 Å². The van der Waals surface area contributed by atoms with Gasteiger partial charge < -0.3 is 20.0 Å². The quantitative estimate of drug-likeness (QED) is 0.388. The van der Waals surface area contributed by atoms with Crippen molar-refractivity contribution in [2.24, 2.45) is 0 Å². The van der Waals surface area contributed by atoms with Gasteiger partial charge in [-0.25, -0.2) is 14.8 Å². The lowest BCUT2D eigenvalue weighted by molar-refractivity contribution is -0.274. The summed E-state index contributed by atoms with van der Waals surface area (Å²) in [5, 5.41) is 3.10. The monoisotopic (exact) mass is 482 g/mol. The fourth-order valence-corrected chi connectivity index (χ4v) is 3.32. The minimum absolute atomic E-state index is 0.166.